The van der Waals surface area contributed by atoms with Gasteiger partial charge < -0.3 is 16.0 Å². The standard InChI is InChI=1S/C16H19N3O2S/c1-4-11-8-14(22-10(11)2)15(20)18-12-6-5-7-13(9-12)19-16(21)17-3/h5-9H,4H2,1-3H3,(H,18,20)(H2,17,19,21). The maximum Gasteiger partial charge on any atom is 0.318 e. The fourth-order valence-corrected chi connectivity index (χ4v) is 3.05. The smallest absolute Gasteiger partial charge is 0.318 e. The van der Waals surface area contributed by atoms with Gasteiger partial charge in [0.1, 0.15) is 0 Å². The molecule has 2 aromatic rings. The molecule has 0 radical (unpaired) electrons. The van der Waals surface area contributed by atoms with Gasteiger partial charge in [-0.1, -0.05) is 13.0 Å². The molecule has 0 bridgehead atoms. The van der Waals surface area contributed by atoms with E-state index in [1.165, 1.54) is 21.8 Å². The highest BCUT2D eigenvalue weighted by Crippen LogP contribution is 2.23. The minimum Gasteiger partial charge on any atom is -0.341 e. The molecule has 3 amide bonds. The highest BCUT2D eigenvalue weighted by molar-refractivity contribution is 7.14. The summed E-state index contributed by atoms with van der Waals surface area (Å²) in [6.45, 7) is 4.10. The van der Waals surface area contributed by atoms with E-state index in [0.29, 0.717) is 16.3 Å². The molecule has 0 aliphatic heterocycles. The van der Waals surface area contributed by atoms with Crippen LogP contribution in [0.15, 0.2) is 30.3 Å². The molecular weight excluding hydrogens is 298 g/mol. The number of amides is 3. The molecule has 0 aliphatic rings. The van der Waals surface area contributed by atoms with Crippen molar-refractivity contribution in [3.8, 4) is 0 Å². The lowest BCUT2D eigenvalue weighted by molar-refractivity contribution is 0.103. The molecule has 0 aliphatic carbocycles. The molecular formula is C16H19N3O2S. The van der Waals surface area contributed by atoms with Gasteiger partial charge in [-0.05, 0) is 43.2 Å². The van der Waals surface area contributed by atoms with Crippen LogP contribution in [0, 0.1) is 6.92 Å². The predicted molar refractivity (Wildman–Crippen MR) is 90.9 cm³/mol. The summed E-state index contributed by atoms with van der Waals surface area (Å²) in [5.74, 6) is -0.134. The van der Waals surface area contributed by atoms with Gasteiger partial charge in [0, 0.05) is 23.3 Å². The van der Waals surface area contributed by atoms with Crippen LogP contribution in [0.3, 0.4) is 0 Å². The van der Waals surface area contributed by atoms with E-state index < -0.39 is 0 Å². The molecule has 0 spiro atoms. The molecule has 5 nitrogen and oxygen atoms in total. The van der Waals surface area contributed by atoms with Crippen molar-refractivity contribution in [3.05, 3.63) is 45.6 Å². The zero-order chi connectivity index (χ0) is 16.1. The summed E-state index contributed by atoms with van der Waals surface area (Å²) in [5, 5.41) is 8.00. The third kappa shape index (κ3) is 3.85. The van der Waals surface area contributed by atoms with Gasteiger partial charge in [0.05, 0.1) is 4.88 Å². The maximum absolute atomic E-state index is 12.3. The number of carbonyl (C=O) groups excluding carboxylic acids is 2. The zero-order valence-corrected chi connectivity index (χ0v) is 13.6. The average molecular weight is 317 g/mol. The molecule has 1 heterocycles. The number of hydrogen-bond donors (Lipinski definition) is 3. The van der Waals surface area contributed by atoms with Gasteiger partial charge in [0.15, 0.2) is 0 Å². The van der Waals surface area contributed by atoms with Gasteiger partial charge in [-0.3, -0.25) is 4.79 Å². The quantitative estimate of drug-likeness (QED) is 0.806. The van der Waals surface area contributed by atoms with Crippen LogP contribution in [0.4, 0.5) is 16.2 Å². The summed E-state index contributed by atoms with van der Waals surface area (Å²) in [7, 11) is 1.55. The second-order valence-electron chi connectivity index (χ2n) is 4.78. The Kier molecular flexibility index (Phi) is 5.16. The fraction of sp³-hybridized carbons (Fsp3) is 0.250. The number of rotatable bonds is 4. The van der Waals surface area contributed by atoms with E-state index in [2.05, 4.69) is 22.9 Å². The van der Waals surface area contributed by atoms with Gasteiger partial charge in [-0.15, -0.1) is 11.3 Å². The summed E-state index contributed by atoms with van der Waals surface area (Å²) in [6.07, 6.45) is 0.918. The highest BCUT2D eigenvalue weighted by Gasteiger charge is 2.12. The maximum atomic E-state index is 12.3. The van der Waals surface area contributed by atoms with Crippen molar-refractivity contribution in [3.63, 3.8) is 0 Å². The van der Waals surface area contributed by atoms with Gasteiger partial charge in [0.25, 0.3) is 5.91 Å². The fourth-order valence-electron chi connectivity index (χ4n) is 2.04. The Morgan fingerprint density at radius 1 is 1.14 bits per heavy atom. The minimum atomic E-state index is -0.301. The van der Waals surface area contributed by atoms with Crippen molar-refractivity contribution >= 4 is 34.6 Å². The molecule has 116 valence electrons. The van der Waals surface area contributed by atoms with Gasteiger partial charge in [0.2, 0.25) is 0 Å². The lowest BCUT2D eigenvalue weighted by Crippen LogP contribution is -2.24. The Labute approximate surface area is 133 Å². The zero-order valence-electron chi connectivity index (χ0n) is 12.8. The Bertz CT molecular complexity index is 694. The largest absolute Gasteiger partial charge is 0.341 e. The third-order valence-corrected chi connectivity index (χ3v) is 4.32. The third-order valence-electron chi connectivity index (χ3n) is 3.23. The van der Waals surface area contributed by atoms with E-state index >= 15 is 0 Å². The molecule has 0 saturated heterocycles. The first-order valence-electron chi connectivity index (χ1n) is 7.03. The van der Waals surface area contributed by atoms with E-state index in [0.717, 1.165) is 6.42 Å². The summed E-state index contributed by atoms with van der Waals surface area (Å²) in [4.78, 5) is 25.4. The highest BCUT2D eigenvalue weighted by atomic mass is 32.1. The van der Waals surface area contributed by atoms with Gasteiger partial charge >= 0.3 is 6.03 Å². The van der Waals surface area contributed by atoms with Crippen molar-refractivity contribution in [1.29, 1.82) is 0 Å². The molecule has 1 aromatic heterocycles. The normalized spacial score (nSPS) is 10.1. The van der Waals surface area contributed by atoms with Crippen molar-refractivity contribution < 1.29 is 9.59 Å². The topological polar surface area (TPSA) is 70.2 Å². The van der Waals surface area contributed by atoms with Crippen LogP contribution in [0.1, 0.15) is 27.0 Å². The molecule has 6 heteroatoms. The monoisotopic (exact) mass is 317 g/mol. The number of nitrogens with one attached hydrogen (secondary N) is 3. The van der Waals surface area contributed by atoms with Crippen LogP contribution < -0.4 is 16.0 Å². The van der Waals surface area contributed by atoms with Crippen molar-refractivity contribution in [1.82, 2.24) is 5.32 Å². The van der Waals surface area contributed by atoms with Crippen molar-refractivity contribution in [2.24, 2.45) is 0 Å². The summed E-state index contributed by atoms with van der Waals surface area (Å²) in [6, 6.07) is 8.67. The van der Waals surface area contributed by atoms with E-state index in [1.54, 1.807) is 31.3 Å². The summed E-state index contributed by atoms with van der Waals surface area (Å²) >= 11 is 1.49. The lowest BCUT2D eigenvalue weighted by atomic mass is 10.2. The van der Waals surface area contributed by atoms with Crippen LogP contribution >= 0.6 is 11.3 Å². The predicted octanol–water partition coefficient (Wildman–Crippen LogP) is 3.62. The number of benzene rings is 1. The SMILES string of the molecule is CCc1cc(C(=O)Nc2cccc(NC(=O)NC)c2)sc1C. The summed E-state index contributed by atoms with van der Waals surface area (Å²) < 4.78 is 0. The van der Waals surface area contributed by atoms with Crippen LogP contribution in [0.2, 0.25) is 0 Å². The molecule has 0 atom stereocenters. The van der Waals surface area contributed by atoms with Gasteiger partial charge in [-0.25, -0.2) is 4.79 Å². The van der Waals surface area contributed by atoms with Crippen molar-refractivity contribution in [2.45, 2.75) is 20.3 Å². The van der Waals surface area contributed by atoms with Crippen LogP contribution in [-0.2, 0) is 6.42 Å². The van der Waals surface area contributed by atoms with E-state index in [9.17, 15) is 9.59 Å². The minimum absolute atomic E-state index is 0.134. The van der Waals surface area contributed by atoms with E-state index in [4.69, 9.17) is 0 Å². The summed E-state index contributed by atoms with van der Waals surface area (Å²) in [5.41, 5.74) is 2.46. The first-order chi connectivity index (χ1) is 10.5. The Morgan fingerprint density at radius 3 is 2.41 bits per heavy atom. The van der Waals surface area contributed by atoms with Crippen molar-refractivity contribution in [2.75, 3.05) is 17.7 Å². The first kappa shape index (κ1) is 16.0. The van der Waals surface area contributed by atoms with Crippen LogP contribution in [-0.4, -0.2) is 19.0 Å². The molecule has 2 rings (SSSR count). The molecule has 1 aromatic carbocycles. The van der Waals surface area contributed by atoms with Gasteiger partial charge in [-0.2, -0.15) is 0 Å². The Hall–Kier alpha value is -2.34. The van der Waals surface area contributed by atoms with E-state index in [1.807, 2.05) is 13.0 Å². The number of urea groups is 1. The number of carbonyl (C=O) groups is 2. The molecule has 0 fully saturated rings. The molecule has 0 saturated carbocycles. The molecule has 3 N–H and O–H groups in total. The lowest BCUT2D eigenvalue weighted by Gasteiger charge is -2.07. The average Bonchev–Trinajstić information content (AvgIpc) is 2.88. The first-order valence-corrected chi connectivity index (χ1v) is 7.84. The second-order valence-corrected chi connectivity index (χ2v) is 6.04. The molecule has 22 heavy (non-hydrogen) atoms. The van der Waals surface area contributed by atoms with Crippen LogP contribution in [0.25, 0.3) is 0 Å². The van der Waals surface area contributed by atoms with Crippen LogP contribution in [0.5, 0.6) is 0 Å². The Morgan fingerprint density at radius 2 is 1.82 bits per heavy atom. The number of thiophene rings is 1. The molecule has 0 unspecified atom stereocenters. The number of anilines is 2. The van der Waals surface area contributed by atoms with E-state index in [-0.39, 0.29) is 11.9 Å². The number of aryl methyl sites for hydroxylation is 2. The number of hydrogen-bond acceptors (Lipinski definition) is 3. The second kappa shape index (κ2) is 7.09. The Balaban J connectivity index is 2.10.